The van der Waals surface area contributed by atoms with Gasteiger partial charge in [0.1, 0.15) is 11.8 Å². The second kappa shape index (κ2) is 15.7. The molecule has 16 atom stereocenters. The molecule has 5 rings (SSSR count). The average molecular weight is 722 g/mol. The standard InChI is InChI=1S/C39H63NO11/c1-9-28(33(44)25(6)32(43)26(7)34-21(2)13-14-27(48-34)20-31(41)42)35-22(3)19-23(4)38(49-35)16-15-29(40-36(45)46)39(51-38)18-17-37(8,50-39)30-12-10-11-24(5)47-30/h15-16,21-30,32,34-35,40,43H,9-14,17-20H2,1-8H3,(H,41,42)(H,45,46)/t21-,22-,23+,24-,25-,26-,27+,28?,29+,30+,32+,34+,35-,37-,38-,39-/m0/s1. The van der Waals surface area contributed by atoms with Crippen molar-refractivity contribution in [3.8, 4) is 0 Å². The molecule has 0 aromatic carbocycles. The van der Waals surface area contributed by atoms with E-state index in [1.807, 2.05) is 27.7 Å². The second-order valence-electron chi connectivity index (χ2n) is 16.8. The Morgan fingerprint density at radius 1 is 0.941 bits per heavy atom. The molecule has 5 aliphatic rings. The lowest BCUT2D eigenvalue weighted by molar-refractivity contribution is -0.397. The molecule has 0 saturated carbocycles. The molecule has 51 heavy (non-hydrogen) atoms. The molecule has 0 aromatic rings. The van der Waals surface area contributed by atoms with Gasteiger partial charge >= 0.3 is 12.1 Å². The average Bonchev–Trinajstić information content (AvgIpc) is 3.41. The van der Waals surface area contributed by atoms with Gasteiger partial charge in [0.05, 0.1) is 48.6 Å². The van der Waals surface area contributed by atoms with Crippen LogP contribution in [-0.4, -0.2) is 93.0 Å². The molecule has 4 N–H and O–H groups in total. The van der Waals surface area contributed by atoms with Gasteiger partial charge in [0, 0.05) is 30.1 Å². The molecule has 0 radical (unpaired) electrons. The van der Waals surface area contributed by atoms with Gasteiger partial charge in [0.2, 0.25) is 0 Å². The molecular weight excluding hydrogens is 658 g/mol. The Balaban J connectivity index is 1.36. The van der Waals surface area contributed by atoms with Gasteiger partial charge in [-0.3, -0.25) is 9.59 Å². The highest BCUT2D eigenvalue weighted by atomic mass is 16.8. The van der Waals surface area contributed by atoms with Crippen molar-refractivity contribution < 1.29 is 53.4 Å². The Bertz CT molecular complexity index is 1290. The lowest BCUT2D eigenvalue weighted by atomic mass is 9.72. The summed E-state index contributed by atoms with van der Waals surface area (Å²) in [7, 11) is 0. The van der Waals surface area contributed by atoms with Crippen LogP contribution < -0.4 is 5.32 Å². The van der Waals surface area contributed by atoms with Crippen LogP contribution in [0.4, 0.5) is 4.79 Å². The molecule has 0 bridgehead atoms. The number of rotatable bonds is 11. The summed E-state index contributed by atoms with van der Waals surface area (Å²) in [5.41, 5.74) is -0.693. The molecule has 5 aliphatic heterocycles. The van der Waals surface area contributed by atoms with E-state index in [0.29, 0.717) is 32.1 Å². The third-order valence-corrected chi connectivity index (χ3v) is 12.9. The molecule has 4 fully saturated rings. The first-order valence-electron chi connectivity index (χ1n) is 19.5. The summed E-state index contributed by atoms with van der Waals surface area (Å²) in [4.78, 5) is 37.7. The fourth-order valence-corrected chi connectivity index (χ4v) is 9.81. The van der Waals surface area contributed by atoms with Crippen LogP contribution >= 0.6 is 0 Å². The molecule has 4 saturated heterocycles. The number of aliphatic carboxylic acids is 1. The Labute approximate surface area is 303 Å². The number of hydrogen-bond donors (Lipinski definition) is 4. The number of nitrogens with one attached hydrogen (secondary N) is 1. The summed E-state index contributed by atoms with van der Waals surface area (Å²) in [6, 6.07) is -0.781. The fourth-order valence-electron chi connectivity index (χ4n) is 9.81. The Morgan fingerprint density at radius 3 is 2.31 bits per heavy atom. The largest absolute Gasteiger partial charge is 0.481 e. The minimum atomic E-state index is -1.34. The highest BCUT2D eigenvalue weighted by Gasteiger charge is 2.63. The molecule has 12 heteroatoms. The first-order valence-corrected chi connectivity index (χ1v) is 19.5. The zero-order chi connectivity index (χ0) is 37.5. The van der Waals surface area contributed by atoms with Gasteiger partial charge in [-0.25, -0.2) is 4.79 Å². The summed E-state index contributed by atoms with van der Waals surface area (Å²) < 4.78 is 33.4. The van der Waals surface area contributed by atoms with Crippen LogP contribution in [0.5, 0.6) is 0 Å². The van der Waals surface area contributed by atoms with Gasteiger partial charge in [0.25, 0.3) is 0 Å². The van der Waals surface area contributed by atoms with Crippen LogP contribution in [0.15, 0.2) is 12.2 Å². The monoisotopic (exact) mass is 721 g/mol. The number of carbonyl (C=O) groups excluding carboxylic acids is 1. The zero-order valence-corrected chi connectivity index (χ0v) is 31.8. The van der Waals surface area contributed by atoms with Crippen molar-refractivity contribution in [2.75, 3.05) is 0 Å². The molecule has 0 aliphatic carbocycles. The number of hydrogen-bond acceptors (Lipinski definition) is 9. The lowest BCUT2D eigenvalue weighted by Gasteiger charge is -2.54. The van der Waals surface area contributed by atoms with E-state index in [2.05, 4.69) is 26.1 Å². The van der Waals surface area contributed by atoms with E-state index in [9.17, 15) is 29.7 Å². The number of ether oxygens (including phenoxy) is 5. The minimum Gasteiger partial charge on any atom is -0.481 e. The number of carbonyl (C=O) groups is 3. The van der Waals surface area contributed by atoms with Crippen LogP contribution in [0.25, 0.3) is 0 Å². The van der Waals surface area contributed by atoms with Crippen molar-refractivity contribution in [2.45, 2.75) is 179 Å². The number of carboxylic acid groups (broad SMARTS) is 2. The second-order valence-corrected chi connectivity index (χ2v) is 16.8. The van der Waals surface area contributed by atoms with Gasteiger partial charge in [-0.05, 0) is 83.1 Å². The van der Waals surface area contributed by atoms with E-state index in [4.69, 9.17) is 23.7 Å². The maximum absolute atomic E-state index is 14.4. The molecule has 2 spiro atoms. The SMILES string of the molecule is CCC(C(=O)[C@@H](C)[C@@H](O)[C@H](C)[C@@H]1O[C@@H](CC(=O)O)CC[C@@H]1C)[C@H]1O[C@]2(C=C[C@@H](NC(=O)O)[C@]3(CC[C@@](C)([C@H]4CCC[C@H](C)O4)O3)O2)[C@H](C)C[C@@H]1C. The summed E-state index contributed by atoms with van der Waals surface area (Å²) in [5.74, 6) is -5.31. The van der Waals surface area contributed by atoms with Crippen molar-refractivity contribution >= 4 is 17.8 Å². The van der Waals surface area contributed by atoms with Crippen molar-refractivity contribution in [1.29, 1.82) is 0 Å². The fraction of sp³-hybridized carbons (Fsp3) is 0.872. The smallest absolute Gasteiger partial charge is 0.405 e. The predicted octanol–water partition coefficient (Wildman–Crippen LogP) is 6.08. The first kappa shape index (κ1) is 40.1. The van der Waals surface area contributed by atoms with Gasteiger partial charge in [-0.15, -0.1) is 0 Å². The van der Waals surface area contributed by atoms with E-state index in [0.717, 1.165) is 25.7 Å². The molecule has 5 heterocycles. The molecule has 1 amide bonds. The van der Waals surface area contributed by atoms with Gasteiger partial charge in [0.15, 0.2) is 11.6 Å². The topological polar surface area (TPSA) is 170 Å². The third-order valence-electron chi connectivity index (χ3n) is 12.9. The highest BCUT2D eigenvalue weighted by Crippen LogP contribution is 2.53. The maximum atomic E-state index is 14.4. The van der Waals surface area contributed by atoms with Crippen LogP contribution in [0, 0.1) is 35.5 Å². The zero-order valence-electron chi connectivity index (χ0n) is 31.8. The Hall–Kier alpha value is -2.09. The molecule has 12 nitrogen and oxygen atoms in total. The summed E-state index contributed by atoms with van der Waals surface area (Å²) >= 11 is 0. The summed E-state index contributed by atoms with van der Waals surface area (Å²) in [6.45, 7) is 15.9. The van der Waals surface area contributed by atoms with Gasteiger partial charge < -0.3 is 44.3 Å². The molecule has 290 valence electrons. The third kappa shape index (κ3) is 8.21. The van der Waals surface area contributed by atoms with Crippen LogP contribution in [0.1, 0.15) is 120 Å². The number of ketones is 1. The van der Waals surface area contributed by atoms with E-state index in [1.165, 1.54) is 0 Å². The quantitative estimate of drug-likeness (QED) is 0.183. The molecule has 0 aromatic heterocycles. The van der Waals surface area contributed by atoms with Crippen molar-refractivity contribution in [1.82, 2.24) is 5.32 Å². The number of Topliss-reactive ketones (excluding diaryl/α,β-unsaturated/α-hetero) is 1. The van der Waals surface area contributed by atoms with E-state index >= 15 is 0 Å². The number of aliphatic hydroxyl groups excluding tert-OH is 1. The van der Waals surface area contributed by atoms with Crippen molar-refractivity contribution in [3.63, 3.8) is 0 Å². The highest BCUT2D eigenvalue weighted by molar-refractivity contribution is 5.84. The van der Waals surface area contributed by atoms with E-state index in [1.54, 1.807) is 19.1 Å². The molecule has 1 unspecified atom stereocenters. The van der Waals surface area contributed by atoms with Gasteiger partial charge in [-0.1, -0.05) is 47.6 Å². The number of carboxylic acids is 1. The van der Waals surface area contributed by atoms with Gasteiger partial charge in [-0.2, -0.15) is 0 Å². The van der Waals surface area contributed by atoms with Crippen LogP contribution in [0.3, 0.4) is 0 Å². The number of aliphatic hydroxyl groups is 1. The Kier molecular flexibility index (Phi) is 12.4. The van der Waals surface area contributed by atoms with Crippen LogP contribution in [-0.2, 0) is 33.3 Å². The van der Waals surface area contributed by atoms with E-state index < -0.39 is 71.3 Å². The minimum absolute atomic E-state index is 0.00512. The van der Waals surface area contributed by atoms with Crippen molar-refractivity contribution in [3.05, 3.63) is 12.2 Å². The first-order chi connectivity index (χ1) is 23.9. The normalized spacial score (nSPS) is 43.7. The maximum Gasteiger partial charge on any atom is 0.405 e. The summed E-state index contributed by atoms with van der Waals surface area (Å²) in [5, 5.41) is 33.4. The van der Waals surface area contributed by atoms with Crippen molar-refractivity contribution in [2.24, 2.45) is 35.5 Å². The predicted molar refractivity (Wildman–Crippen MR) is 188 cm³/mol. The Morgan fingerprint density at radius 2 is 1.67 bits per heavy atom. The molecular formula is C39H63NO11. The summed E-state index contributed by atoms with van der Waals surface area (Å²) in [6.07, 6.45) is 6.48. The number of amides is 1. The lowest BCUT2D eigenvalue weighted by Crippen LogP contribution is -2.65. The van der Waals surface area contributed by atoms with E-state index in [-0.39, 0.29) is 48.3 Å². The van der Waals surface area contributed by atoms with Crippen LogP contribution in [0.2, 0.25) is 0 Å².